The molecule has 176 valence electrons. The van der Waals surface area contributed by atoms with Gasteiger partial charge in [0.05, 0.1) is 17.5 Å². The molecule has 1 aliphatic carbocycles. The highest BCUT2D eigenvalue weighted by molar-refractivity contribution is 6.00. The summed E-state index contributed by atoms with van der Waals surface area (Å²) in [5.41, 5.74) is 2.25. The van der Waals surface area contributed by atoms with Gasteiger partial charge in [-0.3, -0.25) is 14.5 Å². The molecule has 0 bridgehead atoms. The van der Waals surface area contributed by atoms with Crippen LogP contribution in [0.3, 0.4) is 0 Å². The van der Waals surface area contributed by atoms with Gasteiger partial charge in [0, 0.05) is 56.6 Å². The number of esters is 1. The second-order valence-corrected chi connectivity index (χ2v) is 9.80. The molecule has 0 atom stereocenters. The molecule has 2 aromatic rings. The zero-order chi connectivity index (χ0) is 23.0. The molecule has 1 saturated carbocycles. The number of likely N-dealkylation sites (tertiary alicyclic amines) is 1. The van der Waals surface area contributed by atoms with Crippen molar-refractivity contribution in [2.45, 2.75) is 50.5 Å². The predicted octanol–water partition coefficient (Wildman–Crippen LogP) is 2.98. The maximum atomic E-state index is 13.1. The van der Waals surface area contributed by atoms with Crippen LogP contribution in [0.5, 0.6) is 0 Å². The fourth-order valence-electron chi connectivity index (χ4n) is 5.69. The van der Waals surface area contributed by atoms with E-state index in [4.69, 9.17) is 4.74 Å². The Morgan fingerprint density at radius 2 is 2.00 bits per heavy atom. The Hall–Kier alpha value is -2.74. The lowest BCUT2D eigenvalue weighted by Gasteiger charge is -2.37. The first-order chi connectivity index (χ1) is 16.0. The number of amides is 1. The van der Waals surface area contributed by atoms with Crippen LogP contribution in [-0.4, -0.2) is 69.7 Å². The smallest absolute Gasteiger partial charge is 0.341 e. The maximum absolute atomic E-state index is 13.1. The minimum atomic E-state index is -0.643. The Morgan fingerprint density at radius 3 is 2.70 bits per heavy atom. The van der Waals surface area contributed by atoms with Gasteiger partial charge in [-0.1, -0.05) is 6.42 Å². The molecule has 8 heteroatoms. The third kappa shape index (κ3) is 4.16. The molecule has 2 aromatic heterocycles. The van der Waals surface area contributed by atoms with Crippen molar-refractivity contribution in [3.63, 3.8) is 0 Å². The molecule has 1 saturated heterocycles. The Kier molecular flexibility index (Phi) is 5.95. The molecular weight excluding hydrogens is 418 g/mol. The predicted molar refractivity (Wildman–Crippen MR) is 123 cm³/mol. The number of piperidine rings is 1. The molecule has 5 rings (SSSR count). The number of rotatable bonds is 5. The Morgan fingerprint density at radius 1 is 1.24 bits per heavy atom. The number of hydrogen-bond acceptors (Lipinski definition) is 6. The van der Waals surface area contributed by atoms with E-state index in [0.717, 1.165) is 50.1 Å². The summed E-state index contributed by atoms with van der Waals surface area (Å²) in [4.78, 5) is 34.9. The van der Waals surface area contributed by atoms with E-state index in [9.17, 15) is 9.59 Å². The first kappa shape index (κ1) is 22.1. The lowest BCUT2D eigenvalue weighted by atomic mass is 9.74. The quantitative estimate of drug-likeness (QED) is 0.650. The molecule has 0 aromatic carbocycles. The van der Waals surface area contributed by atoms with Crippen molar-refractivity contribution >= 4 is 11.9 Å². The van der Waals surface area contributed by atoms with Crippen molar-refractivity contribution in [3.8, 4) is 11.3 Å². The lowest BCUT2D eigenvalue weighted by molar-refractivity contribution is -0.137. The van der Waals surface area contributed by atoms with Crippen molar-refractivity contribution < 1.29 is 14.3 Å². The number of aryl methyl sites for hydroxylation is 1. The van der Waals surface area contributed by atoms with E-state index >= 15 is 0 Å². The molecule has 0 N–H and O–H groups in total. The van der Waals surface area contributed by atoms with Crippen LogP contribution in [0.15, 0.2) is 24.7 Å². The summed E-state index contributed by atoms with van der Waals surface area (Å²) in [6.07, 6.45) is 12.0. The number of likely N-dealkylation sites (N-methyl/N-ethyl adjacent to an activating group) is 1. The molecule has 4 heterocycles. The summed E-state index contributed by atoms with van der Waals surface area (Å²) in [6, 6.07) is 1.91. The van der Waals surface area contributed by atoms with E-state index in [1.807, 2.05) is 31.3 Å². The van der Waals surface area contributed by atoms with Crippen LogP contribution in [0.2, 0.25) is 0 Å². The number of nitrogens with zero attached hydrogens (tertiary/aromatic N) is 5. The summed E-state index contributed by atoms with van der Waals surface area (Å²) in [5.74, 6) is -0.109. The van der Waals surface area contributed by atoms with Crippen LogP contribution in [0.4, 0.5) is 0 Å². The van der Waals surface area contributed by atoms with Gasteiger partial charge in [0.2, 0.25) is 5.91 Å². The largest absolute Gasteiger partial charge is 0.450 e. The molecular formula is C25H33N5O3. The summed E-state index contributed by atoms with van der Waals surface area (Å²) in [5, 5.41) is 4.22. The second kappa shape index (κ2) is 8.89. The first-order valence-electron chi connectivity index (χ1n) is 12.2. The number of ether oxygens (including phenoxy) is 1. The van der Waals surface area contributed by atoms with Gasteiger partial charge >= 0.3 is 5.97 Å². The molecule has 8 nitrogen and oxygen atoms in total. The molecule has 3 aliphatic rings. The van der Waals surface area contributed by atoms with Crippen LogP contribution < -0.4 is 0 Å². The SMILES string of the molecule is CN(CCN1CCCCC1)C(=O)C1CCC2(CC1)OC(=O)c1c2ccnc1-c1cnn(C)c1. The molecule has 33 heavy (non-hydrogen) atoms. The van der Waals surface area contributed by atoms with E-state index in [0.29, 0.717) is 24.1 Å². The van der Waals surface area contributed by atoms with Gasteiger partial charge in [-0.05, 0) is 57.7 Å². The average molecular weight is 452 g/mol. The van der Waals surface area contributed by atoms with Gasteiger partial charge in [0.1, 0.15) is 5.60 Å². The summed E-state index contributed by atoms with van der Waals surface area (Å²) in [7, 11) is 3.77. The molecule has 2 fully saturated rings. The van der Waals surface area contributed by atoms with Crippen LogP contribution in [0, 0.1) is 5.92 Å². The van der Waals surface area contributed by atoms with Crippen molar-refractivity contribution in [1.82, 2.24) is 24.6 Å². The van der Waals surface area contributed by atoms with Crippen LogP contribution >= 0.6 is 0 Å². The number of carbonyl (C=O) groups excluding carboxylic acids is 2. The van der Waals surface area contributed by atoms with Crippen LogP contribution in [0.25, 0.3) is 11.3 Å². The van der Waals surface area contributed by atoms with Crippen LogP contribution in [-0.2, 0) is 22.2 Å². The fraction of sp³-hybridized carbons (Fsp3) is 0.600. The van der Waals surface area contributed by atoms with Gasteiger partial charge in [0.15, 0.2) is 0 Å². The summed E-state index contributed by atoms with van der Waals surface area (Å²) >= 11 is 0. The fourth-order valence-corrected chi connectivity index (χ4v) is 5.69. The highest BCUT2D eigenvalue weighted by Gasteiger charge is 2.50. The zero-order valence-electron chi connectivity index (χ0n) is 19.6. The molecule has 0 unspecified atom stereocenters. The third-order valence-electron chi connectivity index (χ3n) is 7.63. The van der Waals surface area contributed by atoms with Gasteiger partial charge < -0.3 is 14.5 Å². The van der Waals surface area contributed by atoms with Crippen molar-refractivity contribution in [2.24, 2.45) is 13.0 Å². The van der Waals surface area contributed by atoms with Gasteiger partial charge in [-0.25, -0.2) is 4.79 Å². The normalized spacial score (nSPS) is 25.2. The molecule has 0 radical (unpaired) electrons. The standard InChI is InChI=1S/C25H33N5O3/c1-28(14-15-30-12-4-3-5-13-30)23(31)18-6-9-25(10-7-18)20-8-11-26-22(21(20)24(32)33-25)19-16-27-29(2)17-19/h8,11,16-18H,3-7,9-10,12-15H2,1-2H3. The summed E-state index contributed by atoms with van der Waals surface area (Å²) < 4.78 is 7.71. The van der Waals surface area contributed by atoms with Gasteiger partial charge in [0.25, 0.3) is 0 Å². The highest BCUT2D eigenvalue weighted by atomic mass is 16.6. The van der Waals surface area contributed by atoms with E-state index in [1.165, 1.54) is 19.3 Å². The highest BCUT2D eigenvalue weighted by Crippen LogP contribution is 2.49. The van der Waals surface area contributed by atoms with Crippen molar-refractivity contribution in [2.75, 3.05) is 33.2 Å². The zero-order valence-corrected chi connectivity index (χ0v) is 19.6. The number of aromatic nitrogens is 3. The van der Waals surface area contributed by atoms with E-state index < -0.39 is 5.60 Å². The monoisotopic (exact) mass is 451 g/mol. The molecule has 2 aliphatic heterocycles. The Balaban J connectivity index is 1.26. The van der Waals surface area contributed by atoms with Gasteiger partial charge in [-0.2, -0.15) is 5.10 Å². The minimum Gasteiger partial charge on any atom is -0.450 e. The van der Waals surface area contributed by atoms with Gasteiger partial charge in [-0.15, -0.1) is 0 Å². The molecule has 1 spiro atoms. The lowest BCUT2D eigenvalue weighted by Crippen LogP contribution is -2.43. The number of hydrogen-bond donors (Lipinski definition) is 0. The van der Waals surface area contributed by atoms with E-state index in [-0.39, 0.29) is 17.8 Å². The number of fused-ring (bicyclic) bond motifs is 2. The number of pyridine rings is 1. The van der Waals surface area contributed by atoms with Crippen LogP contribution in [0.1, 0.15) is 60.9 Å². The number of carbonyl (C=O) groups is 2. The minimum absolute atomic E-state index is 0.00985. The average Bonchev–Trinajstić information content (AvgIpc) is 3.39. The van der Waals surface area contributed by atoms with Crippen molar-refractivity contribution in [1.29, 1.82) is 0 Å². The Bertz CT molecular complexity index is 1030. The first-order valence-corrected chi connectivity index (χ1v) is 12.2. The van der Waals surface area contributed by atoms with E-state index in [2.05, 4.69) is 15.0 Å². The third-order valence-corrected chi connectivity index (χ3v) is 7.63. The summed E-state index contributed by atoms with van der Waals surface area (Å²) in [6.45, 7) is 4.02. The topological polar surface area (TPSA) is 80.6 Å². The van der Waals surface area contributed by atoms with Crippen molar-refractivity contribution in [3.05, 3.63) is 35.8 Å². The Labute approximate surface area is 194 Å². The molecule has 1 amide bonds. The second-order valence-electron chi connectivity index (χ2n) is 9.80. The maximum Gasteiger partial charge on any atom is 0.341 e. The van der Waals surface area contributed by atoms with E-state index in [1.54, 1.807) is 17.1 Å².